The van der Waals surface area contributed by atoms with Crippen LogP contribution in [0.1, 0.15) is 50.3 Å². The number of hydrogen-bond donors (Lipinski definition) is 1. The van der Waals surface area contributed by atoms with Crippen molar-refractivity contribution in [1.82, 2.24) is 14.9 Å². The number of benzene rings is 1. The van der Waals surface area contributed by atoms with E-state index in [4.69, 9.17) is 9.72 Å². The molecule has 2 aromatic rings. The predicted octanol–water partition coefficient (Wildman–Crippen LogP) is 3.02. The van der Waals surface area contributed by atoms with Crippen molar-refractivity contribution in [2.45, 2.75) is 52.6 Å². The van der Waals surface area contributed by atoms with Gasteiger partial charge in [-0.1, -0.05) is 39.0 Å². The Morgan fingerprint density at radius 3 is 2.76 bits per heavy atom. The Morgan fingerprint density at radius 2 is 2.04 bits per heavy atom. The maximum atomic E-state index is 12.6. The van der Waals surface area contributed by atoms with E-state index in [1.165, 1.54) is 0 Å². The molecule has 1 aliphatic rings. The minimum Gasteiger partial charge on any atom is -0.494 e. The fraction of sp³-hybridized carbons (Fsp3) is 0.500. The van der Waals surface area contributed by atoms with Crippen LogP contribution in [-0.2, 0) is 24.9 Å². The third-order valence-corrected chi connectivity index (χ3v) is 4.52. The maximum absolute atomic E-state index is 12.6. The number of rotatable bonds is 4. The lowest BCUT2D eigenvalue weighted by molar-refractivity contribution is 0.235. The Kier molecular flexibility index (Phi) is 4.95. The van der Waals surface area contributed by atoms with Gasteiger partial charge in [-0.25, -0.2) is 4.98 Å². The van der Waals surface area contributed by atoms with E-state index in [1.807, 2.05) is 25.1 Å². The van der Waals surface area contributed by atoms with Crippen LogP contribution >= 0.6 is 0 Å². The quantitative estimate of drug-likeness (QED) is 0.929. The largest absolute Gasteiger partial charge is 0.494 e. The van der Waals surface area contributed by atoms with Crippen LogP contribution in [0.2, 0.25) is 0 Å². The molecule has 25 heavy (non-hydrogen) atoms. The molecule has 5 heteroatoms. The summed E-state index contributed by atoms with van der Waals surface area (Å²) in [6.45, 7) is 11.1. The number of nitrogens with zero attached hydrogens (tertiary/aromatic N) is 2. The van der Waals surface area contributed by atoms with Crippen LogP contribution in [0, 0.1) is 0 Å². The summed E-state index contributed by atoms with van der Waals surface area (Å²) in [6, 6.07) is 8.11. The van der Waals surface area contributed by atoms with Gasteiger partial charge in [0.1, 0.15) is 11.6 Å². The fourth-order valence-corrected chi connectivity index (χ4v) is 3.14. The normalized spacial score (nSPS) is 15.0. The van der Waals surface area contributed by atoms with E-state index in [0.29, 0.717) is 13.2 Å². The highest BCUT2D eigenvalue weighted by molar-refractivity contribution is 5.33. The van der Waals surface area contributed by atoms with Crippen molar-refractivity contribution in [2.24, 2.45) is 0 Å². The lowest BCUT2D eigenvalue weighted by atomic mass is 9.95. The fourth-order valence-electron chi connectivity index (χ4n) is 3.14. The van der Waals surface area contributed by atoms with Crippen molar-refractivity contribution in [1.29, 1.82) is 0 Å². The molecule has 0 unspecified atom stereocenters. The third kappa shape index (κ3) is 3.93. The smallest absolute Gasteiger partial charge is 0.255 e. The summed E-state index contributed by atoms with van der Waals surface area (Å²) in [5.74, 6) is 1.69. The highest BCUT2D eigenvalue weighted by Crippen LogP contribution is 2.24. The number of hydrogen-bond acceptors (Lipinski definition) is 4. The van der Waals surface area contributed by atoms with Crippen LogP contribution < -0.4 is 10.3 Å². The summed E-state index contributed by atoms with van der Waals surface area (Å²) in [7, 11) is 0. The standard InChI is InChI=1S/C20H27N3O2/c1-5-25-17-9-7-6-8-14(17)12-23-11-10-16-15(13-23)18(24)22-19(21-16)20(2,3)4/h6-9H,5,10-13H2,1-4H3,(H,21,22,24). The van der Waals surface area contributed by atoms with Crippen LogP contribution in [0.3, 0.4) is 0 Å². The molecule has 0 saturated carbocycles. The molecule has 0 fully saturated rings. The summed E-state index contributed by atoms with van der Waals surface area (Å²) in [5, 5.41) is 0. The number of ether oxygens (including phenoxy) is 1. The van der Waals surface area contributed by atoms with Gasteiger partial charge in [-0.3, -0.25) is 9.69 Å². The molecule has 5 nitrogen and oxygen atoms in total. The maximum Gasteiger partial charge on any atom is 0.255 e. The first-order valence-electron chi connectivity index (χ1n) is 8.94. The van der Waals surface area contributed by atoms with Crippen LogP contribution in [0.15, 0.2) is 29.1 Å². The van der Waals surface area contributed by atoms with Gasteiger partial charge in [-0.2, -0.15) is 0 Å². The molecule has 0 atom stereocenters. The second-order valence-electron chi connectivity index (χ2n) is 7.59. The Bertz CT molecular complexity index is 805. The van der Waals surface area contributed by atoms with Crippen LogP contribution in [0.5, 0.6) is 5.75 Å². The Hall–Kier alpha value is -2.14. The first-order chi connectivity index (χ1) is 11.9. The van der Waals surface area contributed by atoms with Gasteiger partial charge in [0, 0.05) is 37.0 Å². The summed E-state index contributed by atoms with van der Waals surface area (Å²) < 4.78 is 5.72. The molecule has 1 aromatic heterocycles. The second-order valence-corrected chi connectivity index (χ2v) is 7.59. The molecular formula is C20H27N3O2. The summed E-state index contributed by atoms with van der Waals surface area (Å²) in [4.78, 5) is 22.5. The number of H-pyrrole nitrogens is 1. The molecule has 1 aliphatic heterocycles. The molecule has 3 rings (SSSR count). The lowest BCUT2D eigenvalue weighted by Crippen LogP contribution is -2.37. The Labute approximate surface area is 149 Å². The van der Waals surface area contributed by atoms with Crippen molar-refractivity contribution in [3.63, 3.8) is 0 Å². The Balaban J connectivity index is 1.82. The minimum absolute atomic E-state index is 0.00211. The van der Waals surface area contributed by atoms with E-state index in [-0.39, 0.29) is 11.0 Å². The number of fused-ring (bicyclic) bond motifs is 1. The highest BCUT2D eigenvalue weighted by Gasteiger charge is 2.25. The van der Waals surface area contributed by atoms with Gasteiger partial charge in [-0.05, 0) is 13.0 Å². The zero-order valence-electron chi connectivity index (χ0n) is 15.6. The first kappa shape index (κ1) is 17.7. The topological polar surface area (TPSA) is 58.2 Å². The molecular weight excluding hydrogens is 314 g/mol. The Morgan fingerprint density at radius 1 is 1.28 bits per heavy atom. The SMILES string of the molecule is CCOc1ccccc1CN1CCc2nc(C(C)(C)C)[nH]c(=O)c2C1. The van der Waals surface area contributed by atoms with Crippen LogP contribution in [0.25, 0.3) is 0 Å². The first-order valence-corrected chi connectivity index (χ1v) is 8.94. The molecule has 1 N–H and O–H groups in total. The average molecular weight is 341 g/mol. The molecule has 0 spiro atoms. The summed E-state index contributed by atoms with van der Waals surface area (Å²) >= 11 is 0. The summed E-state index contributed by atoms with van der Waals surface area (Å²) in [6.07, 6.45) is 0.805. The zero-order valence-corrected chi connectivity index (χ0v) is 15.6. The summed E-state index contributed by atoms with van der Waals surface area (Å²) in [5.41, 5.74) is 2.75. The van der Waals surface area contributed by atoms with E-state index in [9.17, 15) is 4.79 Å². The number of nitrogens with one attached hydrogen (secondary N) is 1. The van der Waals surface area contributed by atoms with E-state index >= 15 is 0 Å². The molecule has 134 valence electrons. The van der Waals surface area contributed by atoms with Crippen molar-refractivity contribution in [3.8, 4) is 5.75 Å². The van der Waals surface area contributed by atoms with Gasteiger partial charge in [0.25, 0.3) is 5.56 Å². The molecule has 0 radical (unpaired) electrons. The van der Waals surface area contributed by atoms with Gasteiger partial charge in [0.2, 0.25) is 0 Å². The molecule has 0 bridgehead atoms. The van der Waals surface area contributed by atoms with Gasteiger partial charge in [-0.15, -0.1) is 0 Å². The molecule has 1 aromatic carbocycles. The monoisotopic (exact) mass is 341 g/mol. The van der Waals surface area contributed by atoms with Crippen molar-refractivity contribution in [3.05, 3.63) is 57.3 Å². The predicted molar refractivity (Wildman–Crippen MR) is 99.0 cm³/mol. The van der Waals surface area contributed by atoms with E-state index in [2.05, 4.69) is 36.7 Å². The zero-order chi connectivity index (χ0) is 18.0. The van der Waals surface area contributed by atoms with Crippen molar-refractivity contribution in [2.75, 3.05) is 13.2 Å². The molecule has 0 amide bonds. The van der Waals surface area contributed by atoms with Crippen molar-refractivity contribution >= 4 is 0 Å². The number of aromatic amines is 1. The molecule has 0 aliphatic carbocycles. The second kappa shape index (κ2) is 7.00. The highest BCUT2D eigenvalue weighted by atomic mass is 16.5. The molecule has 2 heterocycles. The van der Waals surface area contributed by atoms with E-state index in [0.717, 1.165) is 47.9 Å². The minimum atomic E-state index is -0.151. The lowest BCUT2D eigenvalue weighted by Gasteiger charge is -2.29. The number of para-hydroxylation sites is 1. The van der Waals surface area contributed by atoms with Gasteiger partial charge >= 0.3 is 0 Å². The van der Waals surface area contributed by atoms with E-state index < -0.39 is 0 Å². The molecule has 0 saturated heterocycles. The third-order valence-electron chi connectivity index (χ3n) is 4.52. The number of aromatic nitrogens is 2. The van der Waals surface area contributed by atoms with Gasteiger partial charge in [0.15, 0.2) is 0 Å². The van der Waals surface area contributed by atoms with E-state index in [1.54, 1.807) is 0 Å². The van der Waals surface area contributed by atoms with Crippen molar-refractivity contribution < 1.29 is 4.74 Å². The van der Waals surface area contributed by atoms with Gasteiger partial charge in [0.05, 0.1) is 17.9 Å². The van der Waals surface area contributed by atoms with Crippen LogP contribution in [-0.4, -0.2) is 28.0 Å². The van der Waals surface area contributed by atoms with Gasteiger partial charge < -0.3 is 9.72 Å². The average Bonchev–Trinajstić information content (AvgIpc) is 2.56. The van der Waals surface area contributed by atoms with Crippen LogP contribution in [0.4, 0.5) is 0 Å².